The van der Waals surface area contributed by atoms with Crippen LogP contribution in [0, 0.1) is 0 Å². The molecule has 0 radical (unpaired) electrons. The molecule has 0 aliphatic carbocycles. The summed E-state index contributed by atoms with van der Waals surface area (Å²) in [6, 6.07) is 0. The second-order valence-corrected chi connectivity index (χ2v) is 4.56. The van der Waals surface area contributed by atoms with E-state index in [-0.39, 0.29) is 36.4 Å². The minimum Gasteiger partial charge on any atom is -0.357 e. The lowest BCUT2D eigenvalue weighted by Gasteiger charge is -2.26. The third-order valence-electron chi connectivity index (χ3n) is 2.97. The molecule has 0 spiro atoms. The van der Waals surface area contributed by atoms with Crippen LogP contribution in [0.15, 0.2) is 4.99 Å². The second-order valence-electron chi connectivity index (χ2n) is 4.56. The molecular weight excluding hydrogens is 355 g/mol. The highest BCUT2D eigenvalue weighted by atomic mass is 127. The molecule has 0 aromatic carbocycles. The molecule has 5 nitrogen and oxygen atoms in total. The average molecular weight is 382 g/mol. The number of carbonyl (C=O) groups is 1. The maximum Gasteiger partial charge on any atom is 0.244 e. The maximum absolute atomic E-state index is 11.9. The first kappa shape index (κ1) is 18.5. The zero-order chi connectivity index (χ0) is 13.2. The Labute approximate surface area is 133 Å². The minimum atomic E-state index is 0. The highest BCUT2D eigenvalue weighted by Gasteiger charge is 2.15. The highest BCUT2D eigenvalue weighted by Crippen LogP contribution is 2.08. The van der Waals surface area contributed by atoms with Crippen LogP contribution in [0.2, 0.25) is 0 Å². The quantitative estimate of drug-likeness (QED) is 0.431. The standard InChI is InChI=1S/C13H26N4O.HI/c1-3-8-15-13(14-4-2)16-11-12(18)17-9-6-5-7-10-17;/h3-11H2,1-2H3,(H2,14,15,16);1H. The summed E-state index contributed by atoms with van der Waals surface area (Å²) in [5, 5.41) is 6.34. The van der Waals surface area contributed by atoms with Gasteiger partial charge in [0.05, 0.1) is 0 Å². The summed E-state index contributed by atoms with van der Waals surface area (Å²) < 4.78 is 0. The van der Waals surface area contributed by atoms with E-state index in [1.807, 2.05) is 11.8 Å². The van der Waals surface area contributed by atoms with Crippen LogP contribution in [-0.4, -0.2) is 49.5 Å². The van der Waals surface area contributed by atoms with E-state index in [9.17, 15) is 4.79 Å². The van der Waals surface area contributed by atoms with E-state index in [0.29, 0.717) is 0 Å². The molecule has 0 unspecified atom stereocenters. The van der Waals surface area contributed by atoms with Crippen molar-refractivity contribution in [1.29, 1.82) is 0 Å². The van der Waals surface area contributed by atoms with Gasteiger partial charge in [-0.15, -0.1) is 24.0 Å². The van der Waals surface area contributed by atoms with E-state index in [2.05, 4.69) is 22.5 Å². The van der Waals surface area contributed by atoms with Crippen LogP contribution in [-0.2, 0) is 4.79 Å². The van der Waals surface area contributed by atoms with Crippen LogP contribution >= 0.6 is 24.0 Å². The molecule has 0 bridgehead atoms. The monoisotopic (exact) mass is 382 g/mol. The van der Waals surface area contributed by atoms with Crippen LogP contribution < -0.4 is 10.6 Å². The number of nitrogens with one attached hydrogen (secondary N) is 2. The van der Waals surface area contributed by atoms with Crippen molar-refractivity contribution in [3.8, 4) is 0 Å². The topological polar surface area (TPSA) is 56.7 Å². The molecule has 1 aliphatic heterocycles. The lowest BCUT2D eigenvalue weighted by atomic mass is 10.1. The van der Waals surface area contributed by atoms with E-state index < -0.39 is 0 Å². The Hall–Kier alpha value is -0.530. The normalized spacial score (nSPS) is 15.7. The number of nitrogens with zero attached hydrogens (tertiary/aromatic N) is 2. The van der Waals surface area contributed by atoms with Gasteiger partial charge in [-0.05, 0) is 32.6 Å². The first-order chi connectivity index (χ1) is 8.77. The molecule has 2 N–H and O–H groups in total. The molecule has 6 heteroatoms. The third-order valence-corrected chi connectivity index (χ3v) is 2.97. The Bertz CT molecular complexity index is 278. The Balaban J connectivity index is 0.00000324. The van der Waals surface area contributed by atoms with Gasteiger partial charge < -0.3 is 15.5 Å². The fraction of sp³-hybridized carbons (Fsp3) is 0.846. The van der Waals surface area contributed by atoms with Crippen LogP contribution in [0.1, 0.15) is 39.5 Å². The Kier molecular flexibility index (Phi) is 11.0. The summed E-state index contributed by atoms with van der Waals surface area (Å²) in [6.07, 6.45) is 4.55. The molecule has 1 amide bonds. The van der Waals surface area contributed by atoms with Gasteiger partial charge in [-0.2, -0.15) is 0 Å². The van der Waals surface area contributed by atoms with Gasteiger partial charge in [0.1, 0.15) is 6.54 Å². The van der Waals surface area contributed by atoms with Crippen molar-refractivity contribution < 1.29 is 4.79 Å². The molecule has 1 saturated heterocycles. The summed E-state index contributed by atoms with van der Waals surface area (Å²) >= 11 is 0. The Morgan fingerprint density at radius 3 is 2.42 bits per heavy atom. The number of piperidine rings is 1. The van der Waals surface area contributed by atoms with E-state index in [1.165, 1.54) is 6.42 Å². The number of carbonyl (C=O) groups excluding carboxylic acids is 1. The number of halogens is 1. The zero-order valence-electron chi connectivity index (χ0n) is 12.1. The molecule has 0 saturated carbocycles. The lowest BCUT2D eigenvalue weighted by molar-refractivity contribution is -0.130. The number of hydrogen-bond donors (Lipinski definition) is 2. The first-order valence-electron chi connectivity index (χ1n) is 7.07. The van der Waals surface area contributed by atoms with Crippen LogP contribution in [0.5, 0.6) is 0 Å². The number of rotatable bonds is 5. The molecule has 1 fully saturated rings. The van der Waals surface area contributed by atoms with Crippen molar-refractivity contribution >= 4 is 35.8 Å². The van der Waals surface area contributed by atoms with Gasteiger partial charge in [-0.1, -0.05) is 6.92 Å². The van der Waals surface area contributed by atoms with Gasteiger partial charge >= 0.3 is 0 Å². The number of aliphatic imine (C=N–C) groups is 1. The van der Waals surface area contributed by atoms with E-state index in [4.69, 9.17) is 0 Å². The molecule has 19 heavy (non-hydrogen) atoms. The fourth-order valence-electron chi connectivity index (χ4n) is 1.98. The summed E-state index contributed by atoms with van der Waals surface area (Å²) in [7, 11) is 0. The number of guanidine groups is 1. The zero-order valence-corrected chi connectivity index (χ0v) is 14.4. The van der Waals surface area contributed by atoms with Gasteiger partial charge in [0.2, 0.25) is 5.91 Å². The van der Waals surface area contributed by atoms with Crippen molar-refractivity contribution in [2.45, 2.75) is 39.5 Å². The summed E-state index contributed by atoms with van der Waals surface area (Å²) in [6.45, 7) is 7.86. The highest BCUT2D eigenvalue weighted by molar-refractivity contribution is 14.0. The SMILES string of the molecule is CCCNC(=NCC(=O)N1CCCCC1)NCC.I. The lowest BCUT2D eigenvalue weighted by Crippen LogP contribution is -2.40. The smallest absolute Gasteiger partial charge is 0.244 e. The van der Waals surface area contributed by atoms with Crippen molar-refractivity contribution in [2.24, 2.45) is 4.99 Å². The predicted molar refractivity (Wildman–Crippen MR) is 90.1 cm³/mol. The first-order valence-corrected chi connectivity index (χ1v) is 7.07. The molecule has 0 aromatic rings. The van der Waals surface area contributed by atoms with Crippen LogP contribution in [0.3, 0.4) is 0 Å². The molecule has 0 atom stereocenters. The van der Waals surface area contributed by atoms with E-state index in [1.54, 1.807) is 0 Å². The minimum absolute atomic E-state index is 0. The van der Waals surface area contributed by atoms with Gasteiger partial charge in [0.15, 0.2) is 5.96 Å². The van der Waals surface area contributed by atoms with Crippen molar-refractivity contribution in [1.82, 2.24) is 15.5 Å². The Morgan fingerprint density at radius 1 is 1.16 bits per heavy atom. The molecule has 1 aliphatic rings. The summed E-state index contributed by atoms with van der Waals surface area (Å²) in [5.41, 5.74) is 0. The predicted octanol–water partition coefficient (Wildman–Crippen LogP) is 1.58. The third kappa shape index (κ3) is 7.59. The van der Waals surface area contributed by atoms with Crippen molar-refractivity contribution in [2.75, 3.05) is 32.7 Å². The van der Waals surface area contributed by atoms with Gasteiger partial charge in [-0.3, -0.25) is 4.79 Å². The number of likely N-dealkylation sites (tertiary alicyclic amines) is 1. The molecular formula is C13H27IN4O. The molecule has 0 aromatic heterocycles. The van der Waals surface area contributed by atoms with Gasteiger partial charge in [-0.25, -0.2) is 4.99 Å². The molecule has 1 rings (SSSR count). The average Bonchev–Trinajstić information content (AvgIpc) is 2.42. The fourth-order valence-corrected chi connectivity index (χ4v) is 1.98. The van der Waals surface area contributed by atoms with Gasteiger partial charge in [0, 0.05) is 26.2 Å². The maximum atomic E-state index is 11.9. The van der Waals surface area contributed by atoms with Crippen LogP contribution in [0.4, 0.5) is 0 Å². The van der Waals surface area contributed by atoms with E-state index in [0.717, 1.165) is 51.4 Å². The van der Waals surface area contributed by atoms with E-state index >= 15 is 0 Å². The second kappa shape index (κ2) is 11.3. The number of amides is 1. The molecule has 1 heterocycles. The number of hydrogen-bond acceptors (Lipinski definition) is 2. The van der Waals surface area contributed by atoms with Crippen molar-refractivity contribution in [3.63, 3.8) is 0 Å². The Morgan fingerprint density at radius 2 is 1.84 bits per heavy atom. The van der Waals surface area contributed by atoms with Crippen molar-refractivity contribution in [3.05, 3.63) is 0 Å². The van der Waals surface area contributed by atoms with Gasteiger partial charge in [0.25, 0.3) is 0 Å². The summed E-state index contributed by atoms with van der Waals surface area (Å²) in [5.74, 6) is 0.883. The summed E-state index contributed by atoms with van der Waals surface area (Å²) in [4.78, 5) is 18.2. The largest absolute Gasteiger partial charge is 0.357 e. The van der Waals surface area contributed by atoms with Crippen LogP contribution in [0.25, 0.3) is 0 Å². The molecule has 112 valence electrons.